The van der Waals surface area contributed by atoms with E-state index in [-0.39, 0.29) is 0 Å². The monoisotopic (exact) mass is 334 g/mol. The summed E-state index contributed by atoms with van der Waals surface area (Å²) in [5.41, 5.74) is 13.5. The van der Waals surface area contributed by atoms with Crippen molar-refractivity contribution in [3.8, 4) is 5.75 Å². The van der Waals surface area contributed by atoms with Gasteiger partial charge in [0, 0.05) is 11.1 Å². The molecule has 0 spiro atoms. The Bertz CT molecular complexity index is 975. The van der Waals surface area contributed by atoms with Crippen LogP contribution in [0.5, 0.6) is 5.75 Å². The predicted molar refractivity (Wildman–Crippen MR) is 96.8 cm³/mol. The smallest absolute Gasteiger partial charge is 0.249 e. The van der Waals surface area contributed by atoms with E-state index in [9.17, 15) is 9.59 Å². The number of benzene rings is 3. The van der Waals surface area contributed by atoms with Crippen LogP contribution in [0.15, 0.2) is 54.6 Å². The van der Waals surface area contributed by atoms with Gasteiger partial charge in [0.2, 0.25) is 11.8 Å². The number of amides is 2. The third-order valence-electron chi connectivity index (χ3n) is 4.20. The zero-order valence-corrected chi connectivity index (χ0v) is 13.8. The van der Waals surface area contributed by atoms with Crippen molar-refractivity contribution in [2.75, 3.05) is 7.11 Å². The molecule has 5 heteroatoms. The maximum Gasteiger partial charge on any atom is 0.249 e. The molecule has 0 bridgehead atoms. The lowest BCUT2D eigenvalue weighted by molar-refractivity contribution is 0.0992. The van der Waals surface area contributed by atoms with Crippen LogP contribution in [0.4, 0.5) is 0 Å². The van der Waals surface area contributed by atoms with Crippen molar-refractivity contribution in [3.63, 3.8) is 0 Å². The van der Waals surface area contributed by atoms with Gasteiger partial charge in [-0.3, -0.25) is 9.59 Å². The van der Waals surface area contributed by atoms with Gasteiger partial charge in [-0.1, -0.05) is 24.3 Å². The first kappa shape index (κ1) is 16.5. The topological polar surface area (TPSA) is 95.4 Å². The number of hydrogen-bond acceptors (Lipinski definition) is 3. The molecule has 126 valence electrons. The Morgan fingerprint density at radius 2 is 1.72 bits per heavy atom. The minimum absolute atomic E-state index is 0.390. The zero-order valence-electron chi connectivity index (χ0n) is 13.8. The number of fused-ring (bicyclic) bond motifs is 1. The Hall–Kier alpha value is -3.34. The van der Waals surface area contributed by atoms with Crippen LogP contribution >= 0.6 is 0 Å². The van der Waals surface area contributed by atoms with Gasteiger partial charge in [-0.15, -0.1) is 0 Å². The minimum Gasteiger partial charge on any atom is -0.497 e. The first-order chi connectivity index (χ1) is 12.0. The molecule has 2 amide bonds. The molecule has 5 nitrogen and oxygen atoms in total. The van der Waals surface area contributed by atoms with Gasteiger partial charge < -0.3 is 16.2 Å². The van der Waals surface area contributed by atoms with Gasteiger partial charge in [0.25, 0.3) is 0 Å². The van der Waals surface area contributed by atoms with Crippen molar-refractivity contribution in [1.82, 2.24) is 0 Å². The maximum atomic E-state index is 11.9. The van der Waals surface area contributed by atoms with Crippen LogP contribution in [0.25, 0.3) is 10.8 Å². The third-order valence-corrected chi connectivity index (χ3v) is 4.20. The highest BCUT2D eigenvalue weighted by molar-refractivity contribution is 6.03. The summed E-state index contributed by atoms with van der Waals surface area (Å²) in [7, 11) is 1.60. The van der Waals surface area contributed by atoms with Gasteiger partial charge >= 0.3 is 0 Å². The normalized spacial score (nSPS) is 10.6. The lowest BCUT2D eigenvalue weighted by Gasteiger charge is -2.13. The molecule has 0 atom stereocenters. The van der Waals surface area contributed by atoms with Crippen molar-refractivity contribution in [1.29, 1.82) is 0 Å². The van der Waals surface area contributed by atoms with E-state index in [1.807, 2.05) is 36.4 Å². The summed E-state index contributed by atoms with van der Waals surface area (Å²) in [6.45, 7) is 0. The molecule has 3 aromatic carbocycles. The molecule has 0 aromatic heterocycles. The number of carbonyl (C=O) groups excluding carboxylic acids is 2. The predicted octanol–water partition coefficient (Wildman–Crippen LogP) is 2.64. The van der Waals surface area contributed by atoms with Crippen molar-refractivity contribution < 1.29 is 14.3 Å². The number of methoxy groups -OCH3 is 1. The van der Waals surface area contributed by atoms with Crippen LogP contribution in [0.2, 0.25) is 0 Å². The molecule has 0 saturated carbocycles. The molecule has 3 rings (SSSR count). The Morgan fingerprint density at radius 1 is 0.960 bits per heavy atom. The van der Waals surface area contributed by atoms with E-state index in [1.54, 1.807) is 25.3 Å². The lowest BCUT2D eigenvalue weighted by Crippen LogP contribution is -2.15. The highest BCUT2D eigenvalue weighted by atomic mass is 16.5. The van der Waals surface area contributed by atoms with Crippen molar-refractivity contribution >= 4 is 22.6 Å². The van der Waals surface area contributed by atoms with Gasteiger partial charge in [-0.25, -0.2) is 0 Å². The van der Waals surface area contributed by atoms with Crippen LogP contribution < -0.4 is 16.2 Å². The number of rotatable bonds is 5. The van der Waals surface area contributed by atoms with E-state index in [1.165, 1.54) is 0 Å². The van der Waals surface area contributed by atoms with Gasteiger partial charge in [0.1, 0.15) is 5.75 Å². The molecule has 0 saturated heterocycles. The zero-order chi connectivity index (χ0) is 18.0. The highest BCUT2D eigenvalue weighted by Crippen LogP contribution is 2.27. The number of nitrogens with two attached hydrogens (primary N) is 2. The standard InChI is InChI=1S/C20H18N2O3/c1-25-15-4-2-3-12(9-15)10-18-16(20(22)24)8-7-13-5-6-14(19(21)23)11-17(13)18/h2-9,11H,10H2,1H3,(H2,21,23)(H2,22,24). The van der Waals surface area contributed by atoms with Gasteiger partial charge in [0.05, 0.1) is 7.11 Å². The van der Waals surface area contributed by atoms with Gasteiger partial charge in [-0.05, 0) is 58.7 Å². The fourth-order valence-electron chi connectivity index (χ4n) is 2.94. The highest BCUT2D eigenvalue weighted by Gasteiger charge is 2.14. The van der Waals surface area contributed by atoms with Crippen LogP contribution in [-0.4, -0.2) is 18.9 Å². The Balaban J connectivity index is 2.21. The molecule has 3 aromatic rings. The summed E-state index contributed by atoms with van der Waals surface area (Å²) in [5, 5.41) is 1.70. The van der Waals surface area contributed by atoms with Crippen molar-refractivity contribution in [3.05, 3.63) is 76.9 Å². The fraction of sp³-hybridized carbons (Fsp3) is 0.100. The molecule has 0 unspecified atom stereocenters. The molecule has 0 heterocycles. The summed E-state index contributed by atoms with van der Waals surface area (Å²) in [6, 6.07) is 16.3. The van der Waals surface area contributed by atoms with E-state index < -0.39 is 11.8 Å². The minimum atomic E-state index is -0.515. The van der Waals surface area contributed by atoms with E-state index in [0.717, 1.165) is 27.6 Å². The van der Waals surface area contributed by atoms with E-state index in [0.29, 0.717) is 17.5 Å². The quantitative estimate of drug-likeness (QED) is 0.751. The molecular weight excluding hydrogens is 316 g/mol. The molecule has 0 radical (unpaired) electrons. The molecule has 0 aliphatic carbocycles. The van der Waals surface area contributed by atoms with Crippen molar-refractivity contribution in [2.24, 2.45) is 11.5 Å². The Morgan fingerprint density at radius 3 is 2.40 bits per heavy atom. The van der Waals surface area contributed by atoms with Crippen molar-refractivity contribution in [2.45, 2.75) is 6.42 Å². The van der Waals surface area contributed by atoms with Crippen LogP contribution in [-0.2, 0) is 6.42 Å². The molecule has 0 aliphatic heterocycles. The molecule has 4 N–H and O–H groups in total. The van der Waals surface area contributed by atoms with Crippen LogP contribution in [0.1, 0.15) is 31.8 Å². The SMILES string of the molecule is COc1cccc(Cc2c(C(N)=O)ccc3ccc(C(N)=O)cc23)c1. The van der Waals surface area contributed by atoms with E-state index >= 15 is 0 Å². The average molecular weight is 334 g/mol. The summed E-state index contributed by atoms with van der Waals surface area (Å²) in [5.74, 6) is -0.292. The largest absolute Gasteiger partial charge is 0.497 e. The second-order valence-corrected chi connectivity index (χ2v) is 5.78. The number of carbonyl (C=O) groups is 2. The molecule has 0 aliphatic rings. The maximum absolute atomic E-state index is 11.9. The third kappa shape index (κ3) is 3.30. The molecule has 25 heavy (non-hydrogen) atoms. The first-order valence-electron chi connectivity index (χ1n) is 7.78. The first-order valence-corrected chi connectivity index (χ1v) is 7.78. The Labute approximate surface area is 145 Å². The Kier molecular flexibility index (Phi) is 4.39. The summed E-state index contributed by atoms with van der Waals surface area (Å²) in [6.07, 6.45) is 0.481. The summed E-state index contributed by atoms with van der Waals surface area (Å²) < 4.78 is 5.26. The second kappa shape index (κ2) is 6.65. The van der Waals surface area contributed by atoms with Crippen LogP contribution in [0.3, 0.4) is 0 Å². The summed E-state index contributed by atoms with van der Waals surface area (Å²) in [4.78, 5) is 23.4. The second-order valence-electron chi connectivity index (χ2n) is 5.78. The molecule has 0 fully saturated rings. The van der Waals surface area contributed by atoms with Gasteiger partial charge in [-0.2, -0.15) is 0 Å². The average Bonchev–Trinajstić information content (AvgIpc) is 2.61. The van der Waals surface area contributed by atoms with Gasteiger partial charge in [0.15, 0.2) is 0 Å². The number of hydrogen-bond donors (Lipinski definition) is 2. The van der Waals surface area contributed by atoms with Crippen LogP contribution in [0, 0.1) is 0 Å². The fourth-order valence-corrected chi connectivity index (χ4v) is 2.94. The number of ether oxygens (including phenoxy) is 1. The lowest BCUT2D eigenvalue weighted by atomic mass is 9.92. The number of primary amides is 2. The van der Waals surface area contributed by atoms with E-state index in [4.69, 9.17) is 16.2 Å². The van der Waals surface area contributed by atoms with E-state index in [2.05, 4.69) is 0 Å². The summed E-state index contributed by atoms with van der Waals surface area (Å²) >= 11 is 0. The molecular formula is C20H18N2O3.